The van der Waals surface area contributed by atoms with E-state index in [1.165, 1.54) is 17.7 Å². The summed E-state index contributed by atoms with van der Waals surface area (Å²) in [6, 6.07) is 12.6. The highest BCUT2D eigenvalue weighted by Crippen LogP contribution is 2.29. The summed E-state index contributed by atoms with van der Waals surface area (Å²) < 4.78 is 1.91. The molecule has 0 unspecified atom stereocenters. The molecule has 3 aromatic rings. The third-order valence-electron chi connectivity index (χ3n) is 3.62. The van der Waals surface area contributed by atoms with E-state index >= 15 is 0 Å². The second-order valence-electron chi connectivity index (χ2n) is 5.45. The van der Waals surface area contributed by atoms with Crippen molar-refractivity contribution in [2.45, 2.75) is 43.0 Å². The summed E-state index contributed by atoms with van der Waals surface area (Å²) in [5.41, 5.74) is 3.22. The number of unbranched alkanes of at least 4 members (excludes halogenated alkanes) is 1. The minimum Gasteiger partial charge on any atom is -0.385 e. The van der Waals surface area contributed by atoms with Crippen LogP contribution in [0.1, 0.15) is 32.4 Å². The third kappa shape index (κ3) is 3.85. The Hall–Kier alpha value is -2.01. The van der Waals surface area contributed by atoms with Gasteiger partial charge >= 0.3 is 0 Å². The molecule has 0 amide bonds. The molecular formula is C18H22N4S. The molecule has 0 bridgehead atoms. The van der Waals surface area contributed by atoms with Gasteiger partial charge in [-0.05, 0) is 50.1 Å². The highest BCUT2D eigenvalue weighted by atomic mass is 32.2. The minimum absolute atomic E-state index is 0.922. The van der Waals surface area contributed by atoms with Crippen molar-refractivity contribution in [1.82, 2.24) is 14.6 Å². The molecule has 0 saturated carbocycles. The Labute approximate surface area is 141 Å². The average molecular weight is 326 g/mol. The van der Waals surface area contributed by atoms with E-state index in [-0.39, 0.29) is 0 Å². The van der Waals surface area contributed by atoms with Crippen LogP contribution in [0.25, 0.3) is 5.65 Å². The van der Waals surface area contributed by atoms with Crippen molar-refractivity contribution >= 4 is 23.1 Å². The molecule has 3 rings (SSSR count). The van der Waals surface area contributed by atoms with Gasteiger partial charge in [-0.1, -0.05) is 25.1 Å². The van der Waals surface area contributed by atoms with E-state index < -0.39 is 0 Å². The summed E-state index contributed by atoms with van der Waals surface area (Å²) in [4.78, 5) is 5.90. The van der Waals surface area contributed by atoms with Crippen LogP contribution >= 0.6 is 11.8 Å². The maximum atomic E-state index is 4.69. The Kier molecular flexibility index (Phi) is 5.18. The first kappa shape index (κ1) is 15.9. The van der Waals surface area contributed by atoms with Crippen LogP contribution in [-0.4, -0.2) is 21.1 Å². The van der Waals surface area contributed by atoms with E-state index in [9.17, 15) is 0 Å². The zero-order valence-electron chi connectivity index (χ0n) is 13.6. The van der Waals surface area contributed by atoms with Crippen LogP contribution in [0.5, 0.6) is 0 Å². The Morgan fingerprint density at radius 3 is 2.70 bits per heavy atom. The lowest BCUT2D eigenvalue weighted by atomic mass is 10.2. The second kappa shape index (κ2) is 7.51. The predicted molar refractivity (Wildman–Crippen MR) is 96.3 cm³/mol. The number of aryl methyl sites for hydroxylation is 1. The minimum atomic E-state index is 0.922. The number of hydrogen-bond donors (Lipinski definition) is 1. The van der Waals surface area contributed by atoms with Gasteiger partial charge in [0.2, 0.25) is 0 Å². The molecule has 120 valence electrons. The quantitative estimate of drug-likeness (QED) is 0.642. The van der Waals surface area contributed by atoms with Gasteiger partial charge in [-0.2, -0.15) is 5.10 Å². The smallest absolute Gasteiger partial charge is 0.156 e. The third-order valence-corrected chi connectivity index (χ3v) is 4.63. The van der Waals surface area contributed by atoms with E-state index in [2.05, 4.69) is 54.6 Å². The van der Waals surface area contributed by atoms with Crippen LogP contribution in [0.4, 0.5) is 5.69 Å². The Morgan fingerprint density at radius 2 is 1.96 bits per heavy atom. The molecule has 1 aromatic carbocycles. The van der Waals surface area contributed by atoms with Crippen LogP contribution in [0.15, 0.2) is 52.5 Å². The Morgan fingerprint density at radius 1 is 1.13 bits per heavy atom. The number of fused-ring (bicyclic) bond motifs is 1. The molecular weight excluding hydrogens is 304 g/mol. The number of nitrogens with one attached hydrogen (secondary N) is 1. The molecule has 23 heavy (non-hydrogen) atoms. The molecule has 0 aliphatic rings. The largest absolute Gasteiger partial charge is 0.385 e. The molecule has 2 heterocycles. The van der Waals surface area contributed by atoms with Gasteiger partial charge < -0.3 is 5.32 Å². The highest BCUT2D eigenvalue weighted by Gasteiger charge is 2.08. The fourth-order valence-electron chi connectivity index (χ4n) is 2.46. The molecule has 0 aliphatic heterocycles. The summed E-state index contributed by atoms with van der Waals surface area (Å²) in [5.74, 6) is 0. The molecule has 0 radical (unpaired) electrons. The predicted octanol–water partition coefficient (Wildman–Crippen LogP) is 4.65. The SMILES string of the molecule is CCCCc1cc(Sc2ccc(NCC)cc2)n2nccc2n1. The first-order valence-electron chi connectivity index (χ1n) is 8.15. The van der Waals surface area contributed by atoms with Gasteiger partial charge in [-0.25, -0.2) is 9.50 Å². The van der Waals surface area contributed by atoms with E-state index in [0.29, 0.717) is 0 Å². The standard InChI is InChI=1S/C18H22N4S/c1-3-5-6-15-13-18(22-17(21-15)11-12-20-22)23-16-9-7-14(8-10-16)19-4-2/h7-13,19H,3-6H2,1-2H3. The van der Waals surface area contributed by atoms with E-state index in [4.69, 9.17) is 4.98 Å². The van der Waals surface area contributed by atoms with Gasteiger partial charge in [0.05, 0.1) is 6.20 Å². The summed E-state index contributed by atoms with van der Waals surface area (Å²) in [7, 11) is 0. The van der Waals surface area contributed by atoms with E-state index in [1.54, 1.807) is 11.8 Å². The first-order valence-corrected chi connectivity index (χ1v) is 8.97. The first-order chi connectivity index (χ1) is 11.3. The van der Waals surface area contributed by atoms with Crippen molar-refractivity contribution in [3.63, 3.8) is 0 Å². The van der Waals surface area contributed by atoms with E-state index in [1.807, 2.05) is 16.8 Å². The molecule has 0 aliphatic carbocycles. The average Bonchev–Trinajstić information content (AvgIpc) is 3.04. The Bertz CT molecular complexity index is 764. The van der Waals surface area contributed by atoms with Crippen LogP contribution in [-0.2, 0) is 6.42 Å². The lowest BCUT2D eigenvalue weighted by molar-refractivity contribution is 0.756. The number of anilines is 1. The summed E-state index contributed by atoms with van der Waals surface area (Å²) in [6.45, 7) is 5.25. The lowest BCUT2D eigenvalue weighted by Crippen LogP contribution is -1.99. The maximum Gasteiger partial charge on any atom is 0.156 e. The van der Waals surface area contributed by atoms with Gasteiger partial charge in [-0.15, -0.1) is 0 Å². The zero-order chi connectivity index (χ0) is 16.1. The van der Waals surface area contributed by atoms with Crippen molar-refractivity contribution in [3.05, 3.63) is 48.3 Å². The van der Waals surface area contributed by atoms with Crippen LogP contribution < -0.4 is 5.32 Å². The van der Waals surface area contributed by atoms with Gasteiger partial charge in [0.1, 0.15) is 5.03 Å². The van der Waals surface area contributed by atoms with Crippen molar-refractivity contribution < 1.29 is 0 Å². The van der Waals surface area contributed by atoms with Gasteiger partial charge in [0.25, 0.3) is 0 Å². The Balaban J connectivity index is 1.87. The van der Waals surface area contributed by atoms with Crippen molar-refractivity contribution in [2.24, 2.45) is 0 Å². The number of rotatable bonds is 7. The fourth-order valence-corrected chi connectivity index (χ4v) is 3.39. The number of benzene rings is 1. The topological polar surface area (TPSA) is 42.2 Å². The monoisotopic (exact) mass is 326 g/mol. The molecule has 2 aromatic heterocycles. The molecule has 1 N–H and O–H groups in total. The second-order valence-corrected chi connectivity index (χ2v) is 6.54. The van der Waals surface area contributed by atoms with Gasteiger partial charge in [0, 0.05) is 28.9 Å². The fraction of sp³-hybridized carbons (Fsp3) is 0.333. The normalized spacial score (nSPS) is 11.0. The summed E-state index contributed by atoms with van der Waals surface area (Å²) >= 11 is 1.73. The zero-order valence-corrected chi connectivity index (χ0v) is 14.4. The van der Waals surface area contributed by atoms with Crippen molar-refractivity contribution in [1.29, 1.82) is 0 Å². The van der Waals surface area contributed by atoms with Crippen LogP contribution in [0, 0.1) is 0 Å². The number of hydrogen-bond acceptors (Lipinski definition) is 4. The van der Waals surface area contributed by atoms with Crippen LogP contribution in [0.2, 0.25) is 0 Å². The van der Waals surface area contributed by atoms with Crippen LogP contribution in [0.3, 0.4) is 0 Å². The molecule has 0 saturated heterocycles. The lowest BCUT2D eigenvalue weighted by Gasteiger charge is -2.09. The number of aromatic nitrogens is 3. The van der Waals surface area contributed by atoms with Crippen molar-refractivity contribution in [2.75, 3.05) is 11.9 Å². The maximum absolute atomic E-state index is 4.69. The van der Waals surface area contributed by atoms with Gasteiger partial charge in [-0.3, -0.25) is 0 Å². The molecule has 5 heteroatoms. The molecule has 0 spiro atoms. The molecule has 0 atom stereocenters. The van der Waals surface area contributed by atoms with Gasteiger partial charge in [0.15, 0.2) is 5.65 Å². The van der Waals surface area contributed by atoms with E-state index in [0.717, 1.165) is 35.0 Å². The highest BCUT2D eigenvalue weighted by molar-refractivity contribution is 7.99. The summed E-state index contributed by atoms with van der Waals surface area (Å²) in [6.07, 6.45) is 5.18. The molecule has 0 fully saturated rings. The summed E-state index contributed by atoms with van der Waals surface area (Å²) in [5, 5.41) is 8.84. The number of nitrogens with zero attached hydrogens (tertiary/aromatic N) is 3. The van der Waals surface area contributed by atoms with Crippen molar-refractivity contribution in [3.8, 4) is 0 Å². The molecule has 4 nitrogen and oxygen atoms in total.